The minimum Gasteiger partial charge on any atom is -0.468 e. The van der Waals surface area contributed by atoms with Crippen molar-refractivity contribution in [2.24, 2.45) is 0 Å². The molecule has 1 atom stereocenters. The summed E-state index contributed by atoms with van der Waals surface area (Å²) < 4.78 is 30.4. The van der Waals surface area contributed by atoms with Gasteiger partial charge in [0.1, 0.15) is 6.04 Å². The summed E-state index contributed by atoms with van der Waals surface area (Å²) in [5.74, 6) is -0.694. The second-order valence-electron chi connectivity index (χ2n) is 5.24. The van der Waals surface area contributed by atoms with Gasteiger partial charge in [0.15, 0.2) is 0 Å². The molecule has 0 aliphatic carbocycles. The van der Waals surface area contributed by atoms with Crippen LogP contribution in [-0.2, 0) is 19.6 Å². The summed E-state index contributed by atoms with van der Waals surface area (Å²) in [5, 5.41) is 0.409. The Bertz CT molecular complexity index is 593. The predicted octanol–water partition coefficient (Wildman–Crippen LogP) is 2.27. The SMILES string of the molecule is COC(=O)C(NS(=O)(=O)C(C)(C)C)c1cccc(Cl)c1. The van der Waals surface area contributed by atoms with Gasteiger partial charge in [-0.15, -0.1) is 0 Å². The molecular formula is C13H18ClNO4S. The Morgan fingerprint density at radius 1 is 1.35 bits per heavy atom. The van der Waals surface area contributed by atoms with Gasteiger partial charge in [-0.1, -0.05) is 23.7 Å². The number of halogens is 1. The molecule has 0 spiro atoms. The molecule has 1 aromatic carbocycles. The molecule has 0 saturated carbocycles. The quantitative estimate of drug-likeness (QED) is 0.864. The van der Waals surface area contributed by atoms with E-state index < -0.39 is 26.8 Å². The van der Waals surface area contributed by atoms with Crippen LogP contribution in [0.3, 0.4) is 0 Å². The maximum atomic E-state index is 12.2. The third-order valence-corrected chi connectivity index (χ3v) is 5.09. The highest BCUT2D eigenvalue weighted by atomic mass is 35.5. The summed E-state index contributed by atoms with van der Waals surface area (Å²) in [7, 11) is -2.51. The van der Waals surface area contributed by atoms with Crippen molar-refractivity contribution >= 4 is 27.6 Å². The number of hydrogen-bond donors (Lipinski definition) is 1. The molecular weight excluding hydrogens is 302 g/mol. The molecule has 0 aliphatic heterocycles. The zero-order valence-corrected chi connectivity index (χ0v) is 13.4. The Hall–Kier alpha value is -1.11. The molecule has 0 aromatic heterocycles. The minimum absolute atomic E-state index is 0.409. The van der Waals surface area contributed by atoms with Gasteiger partial charge in [0.2, 0.25) is 10.0 Å². The van der Waals surface area contributed by atoms with Crippen LogP contribution in [0.25, 0.3) is 0 Å². The number of benzene rings is 1. The van der Waals surface area contributed by atoms with Gasteiger partial charge in [-0.3, -0.25) is 0 Å². The van der Waals surface area contributed by atoms with Crippen LogP contribution in [0, 0.1) is 0 Å². The highest BCUT2D eigenvalue weighted by molar-refractivity contribution is 7.90. The van der Waals surface area contributed by atoms with Gasteiger partial charge in [0.25, 0.3) is 0 Å². The third kappa shape index (κ3) is 3.94. The van der Waals surface area contributed by atoms with E-state index in [1.807, 2.05) is 0 Å². The maximum absolute atomic E-state index is 12.2. The number of ether oxygens (including phenoxy) is 1. The van der Waals surface area contributed by atoms with Gasteiger partial charge in [-0.25, -0.2) is 13.2 Å². The average molecular weight is 320 g/mol. The molecule has 0 fully saturated rings. The minimum atomic E-state index is -3.71. The Balaban J connectivity index is 3.20. The maximum Gasteiger partial charge on any atom is 0.328 e. The number of sulfonamides is 1. The first kappa shape index (κ1) is 16.9. The molecule has 112 valence electrons. The largest absolute Gasteiger partial charge is 0.468 e. The first-order valence-corrected chi connectivity index (χ1v) is 7.80. The molecule has 1 unspecified atom stereocenters. The second-order valence-corrected chi connectivity index (χ2v) is 8.15. The summed E-state index contributed by atoms with van der Waals surface area (Å²) >= 11 is 5.87. The molecule has 5 nitrogen and oxygen atoms in total. The van der Waals surface area contributed by atoms with E-state index in [1.54, 1.807) is 39.0 Å². The van der Waals surface area contributed by atoms with Gasteiger partial charge < -0.3 is 4.74 Å². The molecule has 0 heterocycles. The van der Waals surface area contributed by atoms with Crippen LogP contribution in [0.1, 0.15) is 32.4 Å². The number of esters is 1. The van der Waals surface area contributed by atoms with E-state index in [-0.39, 0.29) is 0 Å². The highest BCUT2D eigenvalue weighted by Gasteiger charge is 2.34. The van der Waals surface area contributed by atoms with Crippen LogP contribution in [-0.4, -0.2) is 26.2 Å². The van der Waals surface area contributed by atoms with E-state index >= 15 is 0 Å². The Morgan fingerprint density at radius 3 is 2.40 bits per heavy atom. The van der Waals surface area contributed by atoms with Crippen LogP contribution in [0.4, 0.5) is 0 Å². The molecule has 20 heavy (non-hydrogen) atoms. The molecule has 0 radical (unpaired) electrons. The zero-order chi connectivity index (χ0) is 15.6. The Morgan fingerprint density at radius 2 is 1.95 bits per heavy atom. The Kier molecular flexibility index (Phi) is 5.18. The van der Waals surface area contributed by atoms with Crippen molar-refractivity contribution < 1.29 is 17.9 Å². The monoisotopic (exact) mass is 319 g/mol. The van der Waals surface area contributed by atoms with Gasteiger partial charge in [0.05, 0.1) is 11.9 Å². The van der Waals surface area contributed by atoms with Gasteiger partial charge >= 0.3 is 5.97 Å². The predicted molar refractivity (Wildman–Crippen MR) is 78.0 cm³/mol. The van der Waals surface area contributed by atoms with E-state index in [9.17, 15) is 13.2 Å². The summed E-state index contributed by atoms with van der Waals surface area (Å²) in [5.41, 5.74) is 0.428. The van der Waals surface area contributed by atoms with E-state index in [0.29, 0.717) is 10.6 Å². The van der Waals surface area contributed by atoms with Crippen molar-refractivity contribution in [3.63, 3.8) is 0 Å². The molecule has 1 N–H and O–H groups in total. The van der Waals surface area contributed by atoms with Crippen molar-refractivity contribution in [3.05, 3.63) is 34.9 Å². The van der Waals surface area contributed by atoms with E-state index in [1.165, 1.54) is 13.2 Å². The van der Waals surface area contributed by atoms with E-state index in [4.69, 9.17) is 11.6 Å². The molecule has 7 heteroatoms. The fraction of sp³-hybridized carbons (Fsp3) is 0.462. The van der Waals surface area contributed by atoms with Crippen LogP contribution in [0.2, 0.25) is 5.02 Å². The zero-order valence-electron chi connectivity index (χ0n) is 11.8. The normalized spacial score (nSPS) is 13.8. The number of rotatable bonds is 4. The number of methoxy groups -OCH3 is 1. The third-order valence-electron chi connectivity index (χ3n) is 2.70. The van der Waals surface area contributed by atoms with Crippen molar-refractivity contribution in [2.75, 3.05) is 7.11 Å². The molecule has 0 aliphatic rings. The van der Waals surface area contributed by atoms with Crippen molar-refractivity contribution in [1.82, 2.24) is 4.72 Å². The van der Waals surface area contributed by atoms with Crippen molar-refractivity contribution in [1.29, 1.82) is 0 Å². The van der Waals surface area contributed by atoms with Gasteiger partial charge in [-0.05, 0) is 38.5 Å². The second kappa shape index (κ2) is 6.11. The number of hydrogen-bond acceptors (Lipinski definition) is 4. The van der Waals surface area contributed by atoms with Crippen LogP contribution in [0.5, 0.6) is 0 Å². The first-order valence-electron chi connectivity index (χ1n) is 5.93. The van der Waals surface area contributed by atoms with E-state index in [0.717, 1.165) is 0 Å². The van der Waals surface area contributed by atoms with Crippen molar-refractivity contribution in [3.8, 4) is 0 Å². The summed E-state index contributed by atoms with van der Waals surface area (Å²) in [4.78, 5) is 11.8. The van der Waals surface area contributed by atoms with E-state index in [2.05, 4.69) is 9.46 Å². The summed E-state index contributed by atoms with van der Waals surface area (Å²) in [6.45, 7) is 4.63. The number of carbonyl (C=O) groups is 1. The Labute approximate surface area is 124 Å². The average Bonchev–Trinajstić information content (AvgIpc) is 2.33. The molecule has 1 rings (SSSR count). The van der Waals surface area contributed by atoms with Crippen molar-refractivity contribution in [2.45, 2.75) is 31.6 Å². The molecule has 1 aromatic rings. The first-order chi connectivity index (χ1) is 9.08. The molecule has 0 amide bonds. The van der Waals surface area contributed by atoms with Gasteiger partial charge in [-0.2, -0.15) is 4.72 Å². The van der Waals surface area contributed by atoms with Gasteiger partial charge in [0, 0.05) is 5.02 Å². The lowest BCUT2D eigenvalue weighted by atomic mass is 10.1. The topological polar surface area (TPSA) is 72.5 Å². The summed E-state index contributed by atoms with van der Waals surface area (Å²) in [6.07, 6.45) is 0. The highest BCUT2D eigenvalue weighted by Crippen LogP contribution is 2.23. The lowest BCUT2D eigenvalue weighted by molar-refractivity contribution is -0.142. The fourth-order valence-corrected chi connectivity index (χ4v) is 2.48. The molecule has 0 saturated heterocycles. The number of nitrogens with one attached hydrogen (secondary N) is 1. The number of carbonyl (C=O) groups excluding carboxylic acids is 1. The standard InChI is InChI=1S/C13H18ClNO4S/c1-13(2,3)20(17,18)15-11(12(16)19-4)9-6-5-7-10(14)8-9/h5-8,11,15H,1-4H3. The fourth-order valence-electron chi connectivity index (χ4n) is 1.39. The van der Waals surface area contributed by atoms with Crippen LogP contribution >= 0.6 is 11.6 Å². The van der Waals surface area contributed by atoms with Crippen LogP contribution < -0.4 is 4.72 Å². The smallest absolute Gasteiger partial charge is 0.328 e. The molecule has 0 bridgehead atoms. The lowest BCUT2D eigenvalue weighted by Crippen LogP contribution is -2.43. The lowest BCUT2D eigenvalue weighted by Gasteiger charge is -2.24. The van der Waals surface area contributed by atoms with Crippen LogP contribution in [0.15, 0.2) is 24.3 Å². The summed E-state index contributed by atoms with van der Waals surface area (Å²) in [6, 6.07) is 5.28.